The van der Waals surface area contributed by atoms with Crippen LogP contribution in [0.15, 0.2) is 45.7 Å². The van der Waals surface area contributed by atoms with Crippen LogP contribution < -0.4 is 5.56 Å². The second-order valence-corrected chi connectivity index (χ2v) is 7.33. The molecule has 3 heterocycles. The zero-order valence-corrected chi connectivity index (χ0v) is 14.5. The van der Waals surface area contributed by atoms with Crippen LogP contribution in [0, 0.1) is 0 Å². The first kappa shape index (κ1) is 14.7. The molecule has 1 aromatic carbocycles. The first-order valence-electron chi connectivity index (χ1n) is 6.84. The molecule has 0 aliphatic heterocycles. The Balaban J connectivity index is 1.80. The van der Waals surface area contributed by atoms with E-state index in [1.54, 1.807) is 18.8 Å². The molecule has 0 aliphatic carbocycles. The van der Waals surface area contributed by atoms with Gasteiger partial charge in [0, 0.05) is 17.8 Å². The second-order valence-electron chi connectivity index (χ2n) is 5.04. The Morgan fingerprint density at radius 2 is 2.17 bits per heavy atom. The lowest BCUT2D eigenvalue weighted by Crippen LogP contribution is -2.18. The Morgan fingerprint density at radius 3 is 3.00 bits per heavy atom. The van der Waals surface area contributed by atoms with E-state index >= 15 is 0 Å². The van der Waals surface area contributed by atoms with Crippen molar-refractivity contribution < 1.29 is 0 Å². The van der Waals surface area contributed by atoms with E-state index in [0.717, 1.165) is 27.0 Å². The topological polar surface area (TPSA) is 52.2 Å². The van der Waals surface area contributed by atoms with Gasteiger partial charge in [0.05, 0.1) is 5.52 Å². The van der Waals surface area contributed by atoms with Crippen molar-refractivity contribution in [1.82, 2.24) is 19.2 Å². The molecular formula is C15H11ClN4OS2. The fourth-order valence-electron chi connectivity index (χ4n) is 2.44. The van der Waals surface area contributed by atoms with Crippen molar-refractivity contribution in [3.63, 3.8) is 0 Å². The van der Waals surface area contributed by atoms with Gasteiger partial charge in [-0.15, -0.1) is 21.5 Å². The van der Waals surface area contributed by atoms with E-state index in [2.05, 4.69) is 10.2 Å². The zero-order chi connectivity index (χ0) is 16.0. The van der Waals surface area contributed by atoms with Gasteiger partial charge in [-0.2, -0.15) is 0 Å². The van der Waals surface area contributed by atoms with Gasteiger partial charge in [0.25, 0.3) is 5.56 Å². The van der Waals surface area contributed by atoms with Crippen LogP contribution in [0.5, 0.6) is 0 Å². The Bertz CT molecular complexity index is 1080. The summed E-state index contributed by atoms with van der Waals surface area (Å²) in [6.45, 7) is 0. The number of aryl methyl sites for hydroxylation is 1. The van der Waals surface area contributed by atoms with E-state index in [4.69, 9.17) is 11.6 Å². The number of thioether (sulfide) groups is 1. The number of hydrogen-bond acceptors (Lipinski definition) is 5. The average Bonchev–Trinajstić information content (AvgIpc) is 3.17. The average molecular weight is 363 g/mol. The third kappa shape index (κ3) is 2.45. The number of halogens is 1. The van der Waals surface area contributed by atoms with Crippen molar-refractivity contribution in [3.05, 3.63) is 56.7 Å². The lowest BCUT2D eigenvalue weighted by Gasteiger charge is -2.05. The smallest absolute Gasteiger partial charge is 0.272 e. The maximum Gasteiger partial charge on any atom is 0.272 e. The molecule has 0 saturated heterocycles. The summed E-state index contributed by atoms with van der Waals surface area (Å²) in [4.78, 5) is 12.3. The molecule has 8 heteroatoms. The summed E-state index contributed by atoms with van der Waals surface area (Å²) in [7, 11) is 1.72. The maximum absolute atomic E-state index is 12.3. The van der Waals surface area contributed by atoms with Crippen LogP contribution in [0.2, 0.25) is 5.02 Å². The largest absolute Gasteiger partial charge is 0.279 e. The molecule has 0 aliphatic rings. The molecule has 0 N–H and O–H groups in total. The van der Waals surface area contributed by atoms with E-state index < -0.39 is 0 Å². The van der Waals surface area contributed by atoms with Crippen LogP contribution in [-0.4, -0.2) is 19.2 Å². The molecule has 3 aromatic heterocycles. The summed E-state index contributed by atoms with van der Waals surface area (Å²) < 4.78 is 4.18. The minimum Gasteiger partial charge on any atom is -0.279 e. The van der Waals surface area contributed by atoms with Gasteiger partial charge in [-0.3, -0.25) is 13.8 Å². The zero-order valence-electron chi connectivity index (χ0n) is 12.1. The molecule has 0 bridgehead atoms. The minimum atomic E-state index is -0.0405. The number of rotatable bonds is 3. The third-order valence-corrected chi connectivity index (χ3v) is 5.68. The fraction of sp³-hybridized carbons (Fsp3) is 0.133. The lowest BCUT2D eigenvalue weighted by atomic mass is 10.2. The lowest BCUT2D eigenvalue weighted by molar-refractivity contribution is 0.856. The summed E-state index contributed by atoms with van der Waals surface area (Å²) in [5.74, 6) is 1.28. The molecule has 23 heavy (non-hydrogen) atoms. The molecule has 0 amide bonds. The standard InChI is InChI=1S/C15H11ClN4OS2/c1-19-13(21)12-11(5-6-22-12)20-14(19)17-18-15(20)23-8-9-3-2-4-10(16)7-9/h2-7H,8H2,1H3. The minimum absolute atomic E-state index is 0.0405. The summed E-state index contributed by atoms with van der Waals surface area (Å²) in [5, 5.41) is 11.8. The van der Waals surface area contributed by atoms with Crippen molar-refractivity contribution in [2.24, 2.45) is 7.05 Å². The fourth-order valence-corrected chi connectivity index (χ4v) is 4.39. The molecule has 116 valence electrons. The first-order valence-corrected chi connectivity index (χ1v) is 9.08. The predicted molar refractivity (Wildman–Crippen MR) is 94.6 cm³/mol. The van der Waals surface area contributed by atoms with Crippen molar-refractivity contribution in [1.29, 1.82) is 0 Å². The Kier molecular flexibility index (Phi) is 3.63. The highest BCUT2D eigenvalue weighted by Crippen LogP contribution is 2.26. The highest BCUT2D eigenvalue weighted by atomic mass is 35.5. The number of aromatic nitrogens is 4. The second kappa shape index (κ2) is 5.67. The molecule has 5 nitrogen and oxygen atoms in total. The SMILES string of the molecule is Cn1c(=O)c2sccc2n2c(SCc3cccc(Cl)c3)nnc12. The molecular weight excluding hydrogens is 352 g/mol. The van der Waals surface area contributed by atoms with Gasteiger partial charge >= 0.3 is 0 Å². The first-order chi connectivity index (χ1) is 11.1. The normalized spacial score (nSPS) is 11.6. The van der Waals surface area contributed by atoms with Crippen molar-refractivity contribution in [2.45, 2.75) is 10.9 Å². The highest BCUT2D eigenvalue weighted by molar-refractivity contribution is 7.98. The van der Waals surface area contributed by atoms with Crippen LogP contribution in [0.25, 0.3) is 16.0 Å². The Morgan fingerprint density at radius 1 is 1.30 bits per heavy atom. The molecule has 0 unspecified atom stereocenters. The number of thiophene rings is 1. The van der Waals surface area contributed by atoms with E-state index in [1.165, 1.54) is 15.9 Å². The summed E-state index contributed by atoms with van der Waals surface area (Å²) in [6.07, 6.45) is 0. The molecule has 4 aromatic rings. The highest BCUT2D eigenvalue weighted by Gasteiger charge is 2.15. The summed E-state index contributed by atoms with van der Waals surface area (Å²) in [6, 6.07) is 9.68. The quantitative estimate of drug-likeness (QED) is 0.523. The van der Waals surface area contributed by atoms with Crippen LogP contribution in [0.3, 0.4) is 0 Å². The van der Waals surface area contributed by atoms with Crippen molar-refractivity contribution in [3.8, 4) is 0 Å². The summed E-state index contributed by atoms with van der Waals surface area (Å²) >= 11 is 9.03. The maximum atomic E-state index is 12.3. The molecule has 0 radical (unpaired) electrons. The Hall–Kier alpha value is -1.83. The van der Waals surface area contributed by atoms with E-state index in [9.17, 15) is 4.79 Å². The van der Waals surface area contributed by atoms with Crippen molar-refractivity contribution in [2.75, 3.05) is 0 Å². The van der Waals surface area contributed by atoms with Gasteiger partial charge < -0.3 is 0 Å². The molecule has 4 rings (SSSR count). The number of nitrogens with zero attached hydrogens (tertiary/aromatic N) is 4. The van der Waals surface area contributed by atoms with Crippen LogP contribution in [0.1, 0.15) is 5.56 Å². The molecule has 0 spiro atoms. The van der Waals surface area contributed by atoms with Crippen LogP contribution in [0.4, 0.5) is 0 Å². The van der Waals surface area contributed by atoms with Gasteiger partial charge in [-0.1, -0.05) is 35.5 Å². The van der Waals surface area contributed by atoms with Crippen LogP contribution >= 0.6 is 34.7 Å². The van der Waals surface area contributed by atoms with Gasteiger partial charge in [-0.05, 0) is 29.1 Å². The molecule has 0 saturated carbocycles. The molecule has 0 fully saturated rings. The van der Waals surface area contributed by atoms with Gasteiger partial charge in [0.2, 0.25) is 5.78 Å². The van der Waals surface area contributed by atoms with Crippen LogP contribution in [-0.2, 0) is 12.8 Å². The third-order valence-electron chi connectivity index (χ3n) is 3.56. The van der Waals surface area contributed by atoms with Gasteiger partial charge in [0.1, 0.15) is 4.70 Å². The van der Waals surface area contributed by atoms with E-state index in [0.29, 0.717) is 10.5 Å². The number of hydrogen-bond donors (Lipinski definition) is 0. The van der Waals surface area contributed by atoms with Crippen molar-refractivity contribution >= 4 is 50.7 Å². The number of benzene rings is 1. The Labute approximate surface area is 144 Å². The predicted octanol–water partition coefficient (Wildman–Crippen LogP) is 3.59. The number of fused-ring (bicyclic) bond motifs is 3. The van der Waals surface area contributed by atoms with E-state index in [-0.39, 0.29) is 5.56 Å². The van der Waals surface area contributed by atoms with Gasteiger partial charge in [0.15, 0.2) is 5.16 Å². The van der Waals surface area contributed by atoms with E-state index in [1.807, 2.05) is 40.1 Å². The monoisotopic (exact) mass is 362 g/mol. The van der Waals surface area contributed by atoms with Gasteiger partial charge in [-0.25, -0.2) is 0 Å². The summed E-state index contributed by atoms with van der Waals surface area (Å²) in [5.41, 5.74) is 1.93. The molecule has 0 atom stereocenters.